The molecule has 1 aromatic rings. The summed E-state index contributed by atoms with van der Waals surface area (Å²) in [6, 6.07) is 2.05. The van der Waals surface area contributed by atoms with E-state index in [9.17, 15) is 8.78 Å². The second-order valence-corrected chi connectivity index (χ2v) is 3.51. The van der Waals surface area contributed by atoms with Crippen LogP contribution in [0.1, 0.15) is 19.4 Å². The summed E-state index contributed by atoms with van der Waals surface area (Å²) < 4.78 is 25.6. The molecule has 1 nitrogen and oxygen atoms in total. The molecular formula is C9H9BF2O. The van der Waals surface area contributed by atoms with Gasteiger partial charge in [-0.15, -0.1) is 0 Å². The highest BCUT2D eigenvalue weighted by Crippen LogP contribution is 2.27. The van der Waals surface area contributed by atoms with Crippen LogP contribution in [0.15, 0.2) is 12.1 Å². The van der Waals surface area contributed by atoms with Crippen molar-refractivity contribution in [2.24, 2.45) is 0 Å². The van der Waals surface area contributed by atoms with E-state index in [-0.39, 0.29) is 0 Å². The van der Waals surface area contributed by atoms with Crippen LogP contribution >= 0.6 is 0 Å². The van der Waals surface area contributed by atoms with Gasteiger partial charge in [-0.25, -0.2) is 8.78 Å². The van der Waals surface area contributed by atoms with Crippen molar-refractivity contribution < 1.29 is 13.9 Å². The minimum Gasteiger partial charge on any atom is -0.503 e. The van der Waals surface area contributed by atoms with E-state index in [0.29, 0.717) is 5.56 Å². The Kier molecular flexibility index (Phi) is 2.33. The molecule has 0 aliphatic rings. The topological polar surface area (TPSA) is 20.2 Å². The van der Waals surface area contributed by atoms with E-state index in [1.54, 1.807) is 13.8 Å². The monoisotopic (exact) mass is 182 g/mol. The number of hydrogen-bond acceptors (Lipinski definition) is 1. The molecule has 0 amide bonds. The van der Waals surface area contributed by atoms with Gasteiger partial charge in [0.2, 0.25) is 0 Å². The van der Waals surface area contributed by atoms with E-state index in [4.69, 9.17) is 13.0 Å². The van der Waals surface area contributed by atoms with Crippen molar-refractivity contribution in [1.82, 2.24) is 0 Å². The molecule has 4 heteroatoms. The van der Waals surface area contributed by atoms with Gasteiger partial charge in [0, 0.05) is 0 Å². The molecule has 0 aromatic heterocycles. The Morgan fingerprint density at radius 3 is 1.92 bits per heavy atom. The fourth-order valence-electron chi connectivity index (χ4n) is 0.938. The van der Waals surface area contributed by atoms with Crippen molar-refractivity contribution >= 4 is 7.85 Å². The molecule has 0 unspecified atom stereocenters. The Balaban J connectivity index is 3.29. The SMILES string of the molecule is [B]C(C)(C)c1cc(F)c(O)c(F)c1. The third-order valence-electron chi connectivity index (χ3n) is 1.76. The van der Waals surface area contributed by atoms with Crippen molar-refractivity contribution in [1.29, 1.82) is 0 Å². The van der Waals surface area contributed by atoms with Gasteiger partial charge in [0.15, 0.2) is 17.4 Å². The van der Waals surface area contributed by atoms with E-state index in [1.807, 2.05) is 0 Å². The maximum absolute atomic E-state index is 12.8. The van der Waals surface area contributed by atoms with E-state index in [0.717, 1.165) is 12.1 Å². The fourth-order valence-corrected chi connectivity index (χ4v) is 0.938. The first kappa shape index (κ1) is 10.0. The highest BCUT2D eigenvalue weighted by molar-refractivity contribution is 6.15. The molecule has 2 radical (unpaired) electrons. The van der Waals surface area contributed by atoms with Crippen molar-refractivity contribution in [2.45, 2.75) is 19.2 Å². The molecule has 13 heavy (non-hydrogen) atoms. The summed E-state index contributed by atoms with van der Waals surface area (Å²) in [5, 5.41) is 7.98. The number of halogens is 2. The van der Waals surface area contributed by atoms with E-state index in [1.165, 1.54) is 0 Å². The molecule has 0 atom stereocenters. The zero-order valence-electron chi connectivity index (χ0n) is 7.44. The minimum absolute atomic E-state index is 0.306. The van der Waals surface area contributed by atoms with Crippen molar-refractivity contribution in [2.75, 3.05) is 0 Å². The predicted molar refractivity (Wildman–Crippen MR) is 46.8 cm³/mol. The third kappa shape index (κ3) is 2.00. The van der Waals surface area contributed by atoms with Crippen molar-refractivity contribution in [3.8, 4) is 5.75 Å². The number of aromatic hydroxyl groups is 1. The van der Waals surface area contributed by atoms with Gasteiger partial charge in [-0.1, -0.05) is 13.8 Å². The largest absolute Gasteiger partial charge is 0.503 e. The van der Waals surface area contributed by atoms with Crippen LogP contribution in [0.3, 0.4) is 0 Å². The van der Waals surface area contributed by atoms with Crippen LogP contribution in [0, 0.1) is 11.6 Å². The van der Waals surface area contributed by atoms with Crippen LogP contribution in [0.4, 0.5) is 8.78 Å². The van der Waals surface area contributed by atoms with Crippen LogP contribution in [0.2, 0.25) is 0 Å². The van der Waals surface area contributed by atoms with Gasteiger partial charge in [-0.2, -0.15) is 0 Å². The van der Waals surface area contributed by atoms with Crippen LogP contribution in [-0.4, -0.2) is 13.0 Å². The quantitative estimate of drug-likeness (QED) is 0.659. The van der Waals surface area contributed by atoms with Crippen LogP contribution < -0.4 is 0 Å². The number of benzene rings is 1. The molecule has 0 bridgehead atoms. The summed E-state index contributed by atoms with van der Waals surface area (Å²) >= 11 is 0. The number of phenolic OH excluding ortho intramolecular Hbond substituents is 1. The molecule has 0 saturated heterocycles. The van der Waals surface area contributed by atoms with Crippen LogP contribution in [0.25, 0.3) is 0 Å². The predicted octanol–water partition coefficient (Wildman–Crippen LogP) is 2.07. The summed E-state index contributed by atoms with van der Waals surface area (Å²) in [7, 11) is 5.63. The standard InChI is InChI=1S/C9H9BF2O/c1-9(2,10)5-3-6(11)8(13)7(12)4-5/h3-4,13H,1-2H3. The minimum atomic E-state index is -0.992. The average Bonchev–Trinajstić information content (AvgIpc) is 1.97. The molecule has 1 rings (SSSR count). The zero-order valence-corrected chi connectivity index (χ0v) is 7.44. The third-order valence-corrected chi connectivity index (χ3v) is 1.76. The van der Waals surface area contributed by atoms with E-state index < -0.39 is 22.7 Å². The molecular weight excluding hydrogens is 173 g/mol. The van der Waals surface area contributed by atoms with Gasteiger partial charge in [0.25, 0.3) is 0 Å². The van der Waals surface area contributed by atoms with Gasteiger partial charge < -0.3 is 5.11 Å². The Hall–Kier alpha value is -1.06. The summed E-state index contributed by atoms with van der Waals surface area (Å²) in [4.78, 5) is 0. The van der Waals surface area contributed by atoms with Gasteiger partial charge in [-0.05, 0) is 23.0 Å². The van der Waals surface area contributed by atoms with Crippen LogP contribution in [-0.2, 0) is 5.31 Å². The zero-order chi connectivity index (χ0) is 10.2. The lowest BCUT2D eigenvalue weighted by Gasteiger charge is -2.19. The second kappa shape index (κ2) is 3.02. The van der Waals surface area contributed by atoms with Gasteiger partial charge in [-0.3, -0.25) is 0 Å². The fraction of sp³-hybridized carbons (Fsp3) is 0.333. The maximum Gasteiger partial charge on any atom is 0.187 e. The molecule has 0 aliphatic carbocycles. The second-order valence-electron chi connectivity index (χ2n) is 3.51. The smallest absolute Gasteiger partial charge is 0.187 e. The molecule has 1 aromatic carbocycles. The lowest BCUT2D eigenvalue weighted by atomic mass is 9.67. The summed E-state index contributed by atoms with van der Waals surface area (Å²) in [6.45, 7) is 3.25. The molecule has 0 saturated carbocycles. The normalized spacial score (nSPS) is 11.7. The van der Waals surface area contributed by atoms with E-state index in [2.05, 4.69) is 0 Å². The molecule has 0 aliphatic heterocycles. The molecule has 0 heterocycles. The molecule has 1 N–H and O–H groups in total. The van der Waals surface area contributed by atoms with Gasteiger partial charge in [0.1, 0.15) is 0 Å². The highest BCUT2D eigenvalue weighted by atomic mass is 19.1. The van der Waals surface area contributed by atoms with Gasteiger partial charge >= 0.3 is 0 Å². The number of rotatable bonds is 1. The van der Waals surface area contributed by atoms with E-state index >= 15 is 0 Å². The summed E-state index contributed by atoms with van der Waals surface area (Å²) in [5.74, 6) is -2.95. The Morgan fingerprint density at radius 2 is 1.62 bits per heavy atom. The van der Waals surface area contributed by atoms with Crippen molar-refractivity contribution in [3.63, 3.8) is 0 Å². The van der Waals surface area contributed by atoms with Crippen molar-refractivity contribution in [3.05, 3.63) is 29.3 Å². The lowest BCUT2D eigenvalue weighted by Crippen LogP contribution is -2.17. The molecule has 0 spiro atoms. The summed E-state index contributed by atoms with van der Waals surface area (Å²) in [5.41, 5.74) is 0.306. The summed E-state index contributed by atoms with van der Waals surface area (Å²) in [6.07, 6.45) is 0. The Morgan fingerprint density at radius 1 is 1.23 bits per heavy atom. The number of phenols is 1. The average molecular weight is 182 g/mol. The number of hydrogen-bond donors (Lipinski definition) is 1. The first-order valence-corrected chi connectivity index (χ1v) is 3.79. The lowest BCUT2D eigenvalue weighted by molar-refractivity contribution is 0.394. The van der Waals surface area contributed by atoms with Crippen LogP contribution in [0.5, 0.6) is 5.75 Å². The Labute approximate surface area is 76.8 Å². The molecule has 68 valence electrons. The first-order chi connectivity index (χ1) is 5.82. The first-order valence-electron chi connectivity index (χ1n) is 3.79. The van der Waals surface area contributed by atoms with Gasteiger partial charge in [0.05, 0.1) is 7.85 Å². The molecule has 0 fully saturated rings. The maximum atomic E-state index is 12.8. The Bertz CT molecular complexity index is 308. The highest BCUT2D eigenvalue weighted by Gasteiger charge is 2.18.